The van der Waals surface area contributed by atoms with E-state index in [1.165, 1.54) is 6.42 Å². The summed E-state index contributed by atoms with van der Waals surface area (Å²) in [4.78, 5) is 18.2. The fourth-order valence-corrected chi connectivity index (χ4v) is 3.41. The molecule has 0 amide bonds. The number of aromatic nitrogens is 3. The molecule has 0 aliphatic carbocycles. The third-order valence-electron chi connectivity index (χ3n) is 4.78. The molecule has 0 spiro atoms. The summed E-state index contributed by atoms with van der Waals surface area (Å²) in [6, 6.07) is 0.606. The standard InChI is InChI=1S/C15H24N4O2/c1-10(2)18-5-3-11(9-18)7-13-16-14-8-12(15(20)21)4-6-19(14)17-13/h10-12H,3-9H2,1-2H3,(H,20,21). The third kappa shape index (κ3) is 3.10. The Morgan fingerprint density at radius 1 is 1.38 bits per heavy atom. The van der Waals surface area contributed by atoms with E-state index in [4.69, 9.17) is 5.11 Å². The Bertz CT molecular complexity index is 526. The van der Waals surface area contributed by atoms with E-state index >= 15 is 0 Å². The molecule has 2 atom stereocenters. The summed E-state index contributed by atoms with van der Waals surface area (Å²) in [5.74, 6) is 1.37. The number of hydrogen-bond donors (Lipinski definition) is 1. The van der Waals surface area contributed by atoms with Crippen molar-refractivity contribution in [3.8, 4) is 0 Å². The maximum Gasteiger partial charge on any atom is 0.307 e. The van der Waals surface area contributed by atoms with Crippen LogP contribution < -0.4 is 0 Å². The number of fused-ring (bicyclic) bond motifs is 1. The average Bonchev–Trinajstić information content (AvgIpc) is 3.03. The largest absolute Gasteiger partial charge is 0.481 e. The highest BCUT2D eigenvalue weighted by molar-refractivity contribution is 5.70. The Balaban J connectivity index is 1.62. The van der Waals surface area contributed by atoms with Crippen molar-refractivity contribution in [3.63, 3.8) is 0 Å². The first kappa shape index (κ1) is 14.5. The van der Waals surface area contributed by atoms with Crippen LogP contribution in [0.4, 0.5) is 0 Å². The van der Waals surface area contributed by atoms with Crippen molar-refractivity contribution in [1.29, 1.82) is 0 Å². The molecule has 0 aromatic carbocycles. The SMILES string of the molecule is CC(C)N1CCC(Cc2nc3n(n2)CCC(C(=O)O)C3)C1. The van der Waals surface area contributed by atoms with Gasteiger partial charge in [0, 0.05) is 32.0 Å². The second-order valence-electron chi connectivity index (χ2n) is 6.64. The zero-order valence-electron chi connectivity index (χ0n) is 12.8. The van der Waals surface area contributed by atoms with Crippen LogP contribution in [-0.4, -0.2) is 49.9 Å². The molecule has 116 valence electrons. The fourth-order valence-electron chi connectivity index (χ4n) is 3.41. The molecule has 2 unspecified atom stereocenters. The van der Waals surface area contributed by atoms with Gasteiger partial charge in [0.05, 0.1) is 5.92 Å². The first-order chi connectivity index (χ1) is 10.0. The van der Waals surface area contributed by atoms with Gasteiger partial charge in [0.1, 0.15) is 5.82 Å². The molecule has 0 radical (unpaired) electrons. The predicted octanol–water partition coefficient (Wildman–Crippen LogP) is 1.20. The number of hydrogen-bond acceptors (Lipinski definition) is 4. The Hall–Kier alpha value is -1.43. The second kappa shape index (κ2) is 5.75. The van der Waals surface area contributed by atoms with Crippen molar-refractivity contribution in [2.24, 2.45) is 11.8 Å². The van der Waals surface area contributed by atoms with E-state index < -0.39 is 5.97 Å². The Morgan fingerprint density at radius 2 is 2.19 bits per heavy atom. The van der Waals surface area contributed by atoms with Gasteiger partial charge in [-0.2, -0.15) is 5.10 Å². The van der Waals surface area contributed by atoms with Crippen LogP contribution in [0.15, 0.2) is 0 Å². The lowest BCUT2D eigenvalue weighted by Gasteiger charge is -2.19. The number of carboxylic acid groups (broad SMARTS) is 1. The van der Waals surface area contributed by atoms with Crippen LogP contribution in [0.2, 0.25) is 0 Å². The van der Waals surface area contributed by atoms with Gasteiger partial charge >= 0.3 is 5.97 Å². The highest BCUT2D eigenvalue weighted by Gasteiger charge is 2.29. The molecule has 1 saturated heterocycles. The molecular weight excluding hydrogens is 268 g/mol. The van der Waals surface area contributed by atoms with Gasteiger partial charge in [0.15, 0.2) is 5.82 Å². The smallest absolute Gasteiger partial charge is 0.307 e. The van der Waals surface area contributed by atoms with Gasteiger partial charge in [0.2, 0.25) is 0 Å². The van der Waals surface area contributed by atoms with Crippen LogP contribution in [0.1, 0.15) is 38.3 Å². The van der Waals surface area contributed by atoms with Crippen molar-refractivity contribution < 1.29 is 9.90 Å². The highest BCUT2D eigenvalue weighted by Crippen LogP contribution is 2.23. The van der Waals surface area contributed by atoms with Crippen LogP contribution in [0, 0.1) is 11.8 Å². The van der Waals surface area contributed by atoms with Gasteiger partial charge in [-0.3, -0.25) is 4.79 Å². The maximum atomic E-state index is 11.1. The first-order valence-electron chi connectivity index (χ1n) is 7.92. The minimum absolute atomic E-state index is 0.294. The molecule has 1 aromatic rings. The number of carbonyl (C=O) groups is 1. The van der Waals surface area contributed by atoms with Crippen molar-refractivity contribution in [2.45, 2.75) is 52.1 Å². The van der Waals surface area contributed by atoms with Crippen LogP contribution in [-0.2, 0) is 24.2 Å². The van der Waals surface area contributed by atoms with E-state index in [9.17, 15) is 4.79 Å². The highest BCUT2D eigenvalue weighted by atomic mass is 16.4. The molecule has 2 aliphatic rings. The molecule has 0 saturated carbocycles. The number of carboxylic acids is 1. The lowest BCUT2D eigenvalue weighted by molar-refractivity contribution is -0.142. The number of nitrogens with zero attached hydrogens (tertiary/aromatic N) is 4. The molecule has 2 aliphatic heterocycles. The zero-order chi connectivity index (χ0) is 15.0. The molecule has 0 bridgehead atoms. The van der Waals surface area contributed by atoms with Crippen LogP contribution in [0.3, 0.4) is 0 Å². The van der Waals surface area contributed by atoms with E-state index in [-0.39, 0.29) is 5.92 Å². The third-order valence-corrected chi connectivity index (χ3v) is 4.78. The quantitative estimate of drug-likeness (QED) is 0.903. The minimum atomic E-state index is -0.714. The lowest BCUT2D eigenvalue weighted by atomic mass is 9.98. The normalized spacial score (nSPS) is 26.2. The first-order valence-corrected chi connectivity index (χ1v) is 7.92. The van der Waals surface area contributed by atoms with Gasteiger partial charge < -0.3 is 10.0 Å². The average molecular weight is 292 g/mol. The summed E-state index contributed by atoms with van der Waals surface area (Å²) >= 11 is 0. The molecule has 6 nitrogen and oxygen atoms in total. The van der Waals surface area contributed by atoms with E-state index in [0.717, 1.165) is 31.2 Å². The van der Waals surface area contributed by atoms with Gasteiger partial charge in [-0.25, -0.2) is 9.67 Å². The van der Waals surface area contributed by atoms with Crippen molar-refractivity contribution >= 4 is 5.97 Å². The summed E-state index contributed by atoms with van der Waals surface area (Å²) in [5, 5.41) is 13.7. The van der Waals surface area contributed by atoms with E-state index in [0.29, 0.717) is 31.3 Å². The number of aliphatic carboxylic acids is 1. The Kier molecular flexibility index (Phi) is 3.97. The fraction of sp³-hybridized carbons (Fsp3) is 0.800. The van der Waals surface area contributed by atoms with Gasteiger partial charge in [-0.05, 0) is 39.2 Å². The molecule has 3 heterocycles. The minimum Gasteiger partial charge on any atom is -0.481 e. The maximum absolute atomic E-state index is 11.1. The van der Waals surface area contributed by atoms with Gasteiger partial charge in [0.25, 0.3) is 0 Å². The van der Waals surface area contributed by atoms with Crippen molar-refractivity contribution in [3.05, 3.63) is 11.6 Å². The lowest BCUT2D eigenvalue weighted by Crippen LogP contribution is -2.28. The second-order valence-corrected chi connectivity index (χ2v) is 6.64. The summed E-state index contributed by atoms with van der Waals surface area (Å²) in [6.45, 7) is 7.45. The molecule has 1 aromatic heterocycles. The van der Waals surface area contributed by atoms with Crippen LogP contribution in [0.25, 0.3) is 0 Å². The summed E-state index contributed by atoms with van der Waals surface area (Å²) in [5.41, 5.74) is 0. The number of likely N-dealkylation sites (tertiary alicyclic amines) is 1. The topological polar surface area (TPSA) is 71.2 Å². The summed E-state index contributed by atoms with van der Waals surface area (Å²) in [6.07, 6.45) is 3.31. The molecule has 1 fully saturated rings. The number of aryl methyl sites for hydroxylation is 1. The van der Waals surface area contributed by atoms with E-state index in [1.54, 1.807) is 0 Å². The van der Waals surface area contributed by atoms with Crippen molar-refractivity contribution in [2.75, 3.05) is 13.1 Å². The molecular formula is C15H24N4O2. The van der Waals surface area contributed by atoms with E-state index in [1.807, 2.05) is 4.68 Å². The number of rotatable bonds is 4. The Labute approximate surface area is 125 Å². The summed E-state index contributed by atoms with van der Waals surface area (Å²) < 4.78 is 1.91. The predicted molar refractivity (Wildman–Crippen MR) is 78.0 cm³/mol. The van der Waals surface area contributed by atoms with E-state index in [2.05, 4.69) is 28.8 Å². The monoisotopic (exact) mass is 292 g/mol. The van der Waals surface area contributed by atoms with Gasteiger partial charge in [-0.1, -0.05) is 0 Å². The molecule has 6 heteroatoms. The van der Waals surface area contributed by atoms with Gasteiger partial charge in [-0.15, -0.1) is 0 Å². The summed E-state index contributed by atoms with van der Waals surface area (Å²) in [7, 11) is 0. The zero-order valence-corrected chi connectivity index (χ0v) is 12.8. The molecule has 21 heavy (non-hydrogen) atoms. The Morgan fingerprint density at radius 3 is 2.86 bits per heavy atom. The van der Waals surface area contributed by atoms with Crippen LogP contribution in [0.5, 0.6) is 0 Å². The molecule has 3 rings (SSSR count). The molecule has 1 N–H and O–H groups in total. The van der Waals surface area contributed by atoms with Crippen LogP contribution >= 0.6 is 0 Å². The van der Waals surface area contributed by atoms with Crippen molar-refractivity contribution in [1.82, 2.24) is 19.7 Å².